The number of aromatic nitrogens is 1. The fraction of sp³-hybridized carbons (Fsp3) is 0.500. The van der Waals surface area contributed by atoms with Crippen molar-refractivity contribution in [2.75, 3.05) is 26.3 Å². The molecular weight excluding hydrogens is 218 g/mol. The average molecular weight is 235 g/mol. The molecule has 0 aromatic carbocycles. The summed E-state index contributed by atoms with van der Waals surface area (Å²) in [5.41, 5.74) is 6.88. The first-order chi connectivity index (χ1) is 8.27. The zero-order valence-corrected chi connectivity index (χ0v) is 9.71. The Morgan fingerprint density at radius 3 is 2.94 bits per heavy atom. The summed E-state index contributed by atoms with van der Waals surface area (Å²) in [4.78, 5) is 17.8. The molecule has 1 aromatic rings. The second-order valence-corrected chi connectivity index (χ2v) is 4.09. The fourth-order valence-electron chi connectivity index (χ4n) is 1.84. The summed E-state index contributed by atoms with van der Waals surface area (Å²) in [6, 6.07) is 3.44. The molecule has 1 aromatic heterocycles. The topological polar surface area (TPSA) is 68.5 Å². The first kappa shape index (κ1) is 12.0. The summed E-state index contributed by atoms with van der Waals surface area (Å²) in [6.07, 6.45) is 3.73. The van der Waals surface area contributed by atoms with E-state index in [1.807, 2.05) is 12.1 Å². The number of nitrogens with zero attached hydrogens (tertiary/aromatic N) is 2. The summed E-state index contributed by atoms with van der Waals surface area (Å²) in [5, 5.41) is 0. The van der Waals surface area contributed by atoms with Gasteiger partial charge in [-0.15, -0.1) is 0 Å². The maximum atomic E-state index is 12.0. The summed E-state index contributed by atoms with van der Waals surface area (Å²) < 4.78 is 5.20. The van der Waals surface area contributed by atoms with Crippen LogP contribution in [0.3, 0.4) is 0 Å². The van der Waals surface area contributed by atoms with Crippen LogP contribution in [-0.2, 0) is 9.53 Å². The van der Waals surface area contributed by atoms with Crippen LogP contribution < -0.4 is 5.73 Å². The third kappa shape index (κ3) is 3.25. The smallest absolute Gasteiger partial charge is 0.224 e. The molecule has 0 saturated carbocycles. The van der Waals surface area contributed by atoms with E-state index in [2.05, 4.69) is 4.98 Å². The van der Waals surface area contributed by atoms with Crippen LogP contribution in [0.2, 0.25) is 0 Å². The monoisotopic (exact) mass is 235 g/mol. The molecule has 0 spiro atoms. The molecule has 2 rings (SSSR count). The number of hydrogen-bond acceptors (Lipinski definition) is 4. The lowest BCUT2D eigenvalue weighted by molar-refractivity contribution is -0.135. The molecule has 0 aliphatic carbocycles. The van der Waals surface area contributed by atoms with E-state index in [0.29, 0.717) is 32.7 Å². The molecular formula is C12H17N3O2. The molecule has 1 unspecified atom stereocenters. The van der Waals surface area contributed by atoms with Crippen LogP contribution in [0, 0.1) is 0 Å². The van der Waals surface area contributed by atoms with Crippen LogP contribution in [0.1, 0.15) is 18.0 Å². The Labute approximate surface area is 101 Å². The highest BCUT2D eigenvalue weighted by Gasteiger charge is 2.19. The van der Waals surface area contributed by atoms with Crippen molar-refractivity contribution in [3.8, 4) is 0 Å². The number of pyridine rings is 1. The largest absolute Gasteiger partial charge is 0.378 e. The van der Waals surface area contributed by atoms with Gasteiger partial charge in [-0.05, 0) is 11.6 Å². The van der Waals surface area contributed by atoms with Gasteiger partial charge < -0.3 is 15.4 Å². The molecule has 1 atom stereocenters. The number of rotatable bonds is 3. The van der Waals surface area contributed by atoms with Crippen LogP contribution in [0.15, 0.2) is 24.5 Å². The molecule has 1 amide bonds. The van der Waals surface area contributed by atoms with Crippen LogP contribution in [0.5, 0.6) is 0 Å². The van der Waals surface area contributed by atoms with Crippen molar-refractivity contribution in [3.63, 3.8) is 0 Å². The van der Waals surface area contributed by atoms with Gasteiger partial charge in [-0.25, -0.2) is 0 Å². The average Bonchev–Trinajstić information content (AvgIpc) is 2.40. The molecule has 0 bridgehead atoms. The second-order valence-electron chi connectivity index (χ2n) is 4.09. The Morgan fingerprint density at radius 1 is 1.53 bits per heavy atom. The minimum Gasteiger partial charge on any atom is -0.378 e. The van der Waals surface area contributed by atoms with Gasteiger partial charge in [0.2, 0.25) is 5.91 Å². The first-order valence-corrected chi connectivity index (χ1v) is 5.78. The van der Waals surface area contributed by atoms with E-state index < -0.39 is 0 Å². The Kier molecular flexibility index (Phi) is 4.06. The number of carbonyl (C=O) groups is 1. The highest BCUT2D eigenvalue weighted by molar-refractivity contribution is 5.77. The lowest BCUT2D eigenvalue weighted by atomic mass is 10.1. The van der Waals surface area contributed by atoms with Crippen molar-refractivity contribution in [2.24, 2.45) is 5.73 Å². The summed E-state index contributed by atoms with van der Waals surface area (Å²) in [7, 11) is 0. The zero-order chi connectivity index (χ0) is 12.1. The van der Waals surface area contributed by atoms with Crippen molar-refractivity contribution in [3.05, 3.63) is 30.1 Å². The number of hydrogen-bond donors (Lipinski definition) is 1. The molecule has 5 heteroatoms. The maximum absolute atomic E-state index is 12.0. The van der Waals surface area contributed by atoms with Crippen molar-refractivity contribution < 1.29 is 9.53 Å². The molecule has 1 aliphatic rings. The number of ether oxygens (including phenoxy) is 1. The third-order valence-corrected chi connectivity index (χ3v) is 2.87. The minimum atomic E-state index is -0.279. The van der Waals surface area contributed by atoms with Gasteiger partial charge in [0.1, 0.15) is 0 Å². The number of amides is 1. The predicted octanol–water partition coefficient (Wildman–Crippen LogP) is 0.330. The Morgan fingerprint density at radius 2 is 2.29 bits per heavy atom. The standard InChI is InChI=1S/C12H17N3O2/c13-11(10-2-1-3-14-9-10)8-12(16)15-4-6-17-7-5-15/h1-3,9,11H,4-8,13H2. The van der Waals surface area contributed by atoms with Gasteiger partial charge >= 0.3 is 0 Å². The van der Waals surface area contributed by atoms with Gasteiger partial charge in [0.15, 0.2) is 0 Å². The summed E-state index contributed by atoms with van der Waals surface area (Å²) in [6.45, 7) is 2.57. The Hall–Kier alpha value is -1.46. The molecule has 1 aliphatic heterocycles. The van der Waals surface area contributed by atoms with Crippen LogP contribution in [0.25, 0.3) is 0 Å². The molecule has 17 heavy (non-hydrogen) atoms. The van der Waals surface area contributed by atoms with Gasteiger partial charge in [0.25, 0.3) is 0 Å². The van der Waals surface area contributed by atoms with E-state index >= 15 is 0 Å². The van der Waals surface area contributed by atoms with E-state index in [0.717, 1.165) is 5.56 Å². The normalized spacial score (nSPS) is 17.8. The fourth-order valence-corrected chi connectivity index (χ4v) is 1.84. The van der Waals surface area contributed by atoms with Crippen LogP contribution in [0.4, 0.5) is 0 Å². The van der Waals surface area contributed by atoms with Gasteiger partial charge in [0.05, 0.1) is 13.2 Å². The third-order valence-electron chi connectivity index (χ3n) is 2.87. The van der Waals surface area contributed by atoms with E-state index in [4.69, 9.17) is 10.5 Å². The van der Waals surface area contributed by atoms with Crippen LogP contribution >= 0.6 is 0 Å². The highest BCUT2D eigenvalue weighted by atomic mass is 16.5. The van der Waals surface area contributed by atoms with E-state index in [1.165, 1.54) is 0 Å². The van der Waals surface area contributed by atoms with Gasteiger partial charge in [0, 0.05) is 37.9 Å². The number of carbonyl (C=O) groups excluding carboxylic acids is 1. The lowest BCUT2D eigenvalue weighted by Gasteiger charge is -2.27. The van der Waals surface area contributed by atoms with Crippen molar-refractivity contribution in [1.82, 2.24) is 9.88 Å². The predicted molar refractivity (Wildman–Crippen MR) is 63.2 cm³/mol. The van der Waals surface area contributed by atoms with Crippen molar-refractivity contribution in [1.29, 1.82) is 0 Å². The van der Waals surface area contributed by atoms with Crippen molar-refractivity contribution in [2.45, 2.75) is 12.5 Å². The summed E-state index contributed by atoms with van der Waals surface area (Å²) in [5.74, 6) is 0.0876. The Balaban J connectivity index is 1.89. The zero-order valence-electron chi connectivity index (χ0n) is 9.71. The molecule has 92 valence electrons. The highest BCUT2D eigenvalue weighted by Crippen LogP contribution is 2.14. The Bertz CT molecular complexity index is 363. The van der Waals surface area contributed by atoms with Gasteiger partial charge in [-0.1, -0.05) is 6.07 Å². The van der Waals surface area contributed by atoms with Gasteiger partial charge in [-0.2, -0.15) is 0 Å². The van der Waals surface area contributed by atoms with Crippen LogP contribution in [-0.4, -0.2) is 42.1 Å². The minimum absolute atomic E-state index is 0.0876. The van der Waals surface area contributed by atoms with E-state index in [-0.39, 0.29) is 11.9 Å². The molecule has 2 N–H and O–H groups in total. The first-order valence-electron chi connectivity index (χ1n) is 5.78. The second kappa shape index (κ2) is 5.75. The van der Waals surface area contributed by atoms with E-state index in [1.54, 1.807) is 17.3 Å². The molecule has 0 radical (unpaired) electrons. The van der Waals surface area contributed by atoms with Crippen molar-refractivity contribution >= 4 is 5.91 Å². The van der Waals surface area contributed by atoms with E-state index in [9.17, 15) is 4.79 Å². The maximum Gasteiger partial charge on any atom is 0.224 e. The molecule has 1 fully saturated rings. The molecule has 1 saturated heterocycles. The number of morpholine rings is 1. The molecule has 5 nitrogen and oxygen atoms in total. The quantitative estimate of drug-likeness (QED) is 0.819. The number of nitrogens with two attached hydrogens (primary N) is 1. The summed E-state index contributed by atoms with van der Waals surface area (Å²) >= 11 is 0. The molecule has 2 heterocycles. The SMILES string of the molecule is NC(CC(=O)N1CCOCC1)c1cccnc1. The lowest BCUT2D eigenvalue weighted by Crippen LogP contribution is -2.41. The van der Waals surface area contributed by atoms with Gasteiger partial charge in [-0.3, -0.25) is 9.78 Å².